The van der Waals surface area contributed by atoms with Gasteiger partial charge in [0.05, 0.1) is 6.42 Å². The molecule has 0 radical (unpaired) electrons. The molecule has 3 atom stereocenters. The summed E-state index contributed by atoms with van der Waals surface area (Å²) >= 11 is 0. The first-order chi connectivity index (χ1) is 10.2. The van der Waals surface area contributed by atoms with E-state index in [1.807, 2.05) is 4.90 Å². The number of rotatable bonds is 2. The first-order valence-electron chi connectivity index (χ1n) is 8.46. The normalized spacial score (nSPS) is 32.9. The van der Waals surface area contributed by atoms with Crippen LogP contribution in [0.2, 0.25) is 0 Å². The van der Waals surface area contributed by atoms with E-state index >= 15 is 0 Å². The van der Waals surface area contributed by atoms with Crippen molar-refractivity contribution in [3.05, 3.63) is 0 Å². The van der Waals surface area contributed by atoms with Crippen molar-refractivity contribution in [3.63, 3.8) is 0 Å². The molecule has 3 rings (SSSR count). The topological polar surface area (TPSA) is 60.9 Å². The van der Waals surface area contributed by atoms with Crippen molar-refractivity contribution in [1.82, 2.24) is 9.80 Å². The minimum atomic E-state index is -0.794. The summed E-state index contributed by atoms with van der Waals surface area (Å²) in [5.74, 6) is -0.109. The molecule has 0 bridgehead atoms. The van der Waals surface area contributed by atoms with E-state index in [2.05, 4.69) is 4.90 Å². The van der Waals surface area contributed by atoms with Crippen LogP contribution in [0.3, 0.4) is 0 Å². The Hall–Kier alpha value is -1.26. The summed E-state index contributed by atoms with van der Waals surface area (Å²) in [6.07, 6.45) is 8.95. The smallest absolute Gasteiger partial charge is 0.320 e. The highest BCUT2D eigenvalue weighted by Crippen LogP contribution is 2.37. The zero-order valence-corrected chi connectivity index (χ0v) is 12.7. The van der Waals surface area contributed by atoms with E-state index in [0.29, 0.717) is 12.0 Å². The van der Waals surface area contributed by atoms with Crippen molar-refractivity contribution in [2.75, 3.05) is 13.1 Å². The predicted molar refractivity (Wildman–Crippen MR) is 79.1 cm³/mol. The predicted octanol–water partition coefficient (Wildman–Crippen LogP) is 2.70. The molecule has 5 heteroatoms. The van der Waals surface area contributed by atoms with Crippen LogP contribution >= 0.6 is 0 Å². The molecule has 2 amide bonds. The van der Waals surface area contributed by atoms with Crippen LogP contribution in [-0.4, -0.2) is 52.1 Å². The fraction of sp³-hybridized carbons (Fsp3) is 0.875. The molecule has 5 nitrogen and oxygen atoms in total. The van der Waals surface area contributed by atoms with Crippen molar-refractivity contribution in [2.45, 2.75) is 69.9 Å². The van der Waals surface area contributed by atoms with Gasteiger partial charge in [-0.25, -0.2) is 4.79 Å². The standard InChI is InChI=1S/C16H26N2O3/c19-15(20)11-13-7-1-2-9-17(13)16(21)18-10-4-6-12-5-3-8-14(12)18/h12-14H,1-11H2,(H,19,20). The summed E-state index contributed by atoms with van der Waals surface area (Å²) in [5.41, 5.74) is 0. The fourth-order valence-corrected chi connectivity index (χ4v) is 4.52. The molecule has 3 fully saturated rings. The van der Waals surface area contributed by atoms with E-state index in [-0.39, 0.29) is 18.5 Å². The van der Waals surface area contributed by atoms with Crippen LogP contribution in [-0.2, 0) is 4.79 Å². The summed E-state index contributed by atoms with van der Waals surface area (Å²) in [6.45, 7) is 1.58. The Bertz CT molecular complexity index is 412. The van der Waals surface area contributed by atoms with Gasteiger partial charge < -0.3 is 14.9 Å². The van der Waals surface area contributed by atoms with Crippen molar-refractivity contribution >= 4 is 12.0 Å². The summed E-state index contributed by atoms with van der Waals surface area (Å²) < 4.78 is 0. The Balaban J connectivity index is 1.71. The zero-order valence-electron chi connectivity index (χ0n) is 12.7. The molecule has 118 valence electrons. The molecule has 0 spiro atoms. The van der Waals surface area contributed by atoms with E-state index in [4.69, 9.17) is 5.11 Å². The maximum atomic E-state index is 12.9. The largest absolute Gasteiger partial charge is 0.481 e. The Labute approximate surface area is 126 Å². The van der Waals surface area contributed by atoms with Gasteiger partial charge in [-0.15, -0.1) is 0 Å². The van der Waals surface area contributed by atoms with Gasteiger partial charge in [0, 0.05) is 25.2 Å². The minimum Gasteiger partial charge on any atom is -0.481 e. The first kappa shape index (κ1) is 14.7. The van der Waals surface area contributed by atoms with Crippen molar-refractivity contribution in [2.24, 2.45) is 5.92 Å². The monoisotopic (exact) mass is 294 g/mol. The third-order valence-electron chi connectivity index (χ3n) is 5.52. The molecule has 2 saturated heterocycles. The van der Waals surface area contributed by atoms with Gasteiger partial charge in [0.15, 0.2) is 0 Å². The van der Waals surface area contributed by atoms with E-state index < -0.39 is 5.97 Å². The van der Waals surface area contributed by atoms with Gasteiger partial charge in [-0.3, -0.25) is 4.79 Å². The summed E-state index contributed by atoms with van der Waals surface area (Å²) in [6, 6.07) is 0.418. The van der Waals surface area contributed by atoms with Gasteiger partial charge >= 0.3 is 12.0 Å². The van der Waals surface area contributed by atoms with Crippen molar-refractivity contribution < 1.29 is 14.7 Å². The molecule has 1 aliphatic carbocycles. The zero-order chi connectivity index (χ0) is 14.8. The number of likely N-dealkylation sites (tertiary alicyclic amines) is 2. The maximum absolute atomic E-state index is 12.9. The van der Waals surface area contributed by atoms with Crippen molar-refractivity contribution in [3.8, 4) is 0 Å². The van der Waals surface area contributed by atoms with Crippen LogP contribution in [0.4, 0.5) is 4.79 Å². The van der Waals surface area contributed by atoms with Crippen LogP contribution in [0.15, 0.2) is 0 Å². The van der Waals surface area contributed by atoms with E-state index in [1.54, 1.807) is 0 Å². The maximum Gasteiger partial charge on any atom is 0.320 e. The quantitative estimate of drug-likeness (QED) is 0.851. The summed E-state index contributed by atoms with van der Waals surface area (Å²) in [4.78, 5) is 27.9. The molecule has 2 aliphatic heterocycles. The molecule has 1 N–H and O–H groups in total. The number of fused-ring (bicyclic) bond motifs is 1. The Morgan fingerprint density at radius 2 is 1.67 bits per heavy atom. The number of carboxylic acid groups (broad SMARTS) is 1. The molecule has 0 aromatic carbocycles. The lowest BCUT2D eigenvalue weighted by atomic mass is 9.92. The van der Waals surface area contributed by atoms with Gasteiger partial charge in [-0.2, -0.15) is 0 Å². The second-order valence-electron chi connectivity index (χ2n) is 6.82. The number of carbonyl (C=O) groups excluding carboxylic acids is 1. The number of aliphatic carboxylic acids is 1. The average molecular weight is 294 g/mol. The van der Waals surface area contributed by atoms with Gasteiger partial charge in [-0.1, -0.05) is 6.42 Å². The summed E-state index contributed by atoms with van der Waals surface area (Å²) in [5, 5.41) is 9.07. The molecular weight excluding hydrogens is 268 g/mol. The molecule has 0 aromatic rings. The third kappa shape index (κ3) is 3.01. The van der Waals surface area contributed by atoms with Crippen molar-refractivity contribution in [1.29, 1.82) is 0 Å². The second kappa shape index (κ2) is 6.24. The molecule has 3 aliphatic rings. The number of hydrogen-bond donors (Lipinski definition) is 1. The molecule has 21 heavy (non-hydrogen) atoms. The number of nitrogens with zero attached hydrogens (tertiary/aromatic N) is 2. The lowest BCUT2D eigenvalue weighted by molar-refractivity contribution is -0.138. The number of carboxylic acids is 1. The number of carbonyl (C=O) groups is 2. The highest BCUT2D eigenvalue weighted by molar-refractivity contribution is 5.77. The first-order valence-corrected chi connectivity index (χ1v) is 8.46. The molecular formula is C16H26N2O3. The average Bonchev–Trinajstić information content (AvgIpc) is 2.95. The third-order valence-corrected chi connectivity index (χ3v) is 5.52. The van der Waals surface area contributed by atoms with Crippen LogP contribution < -0.4 is 0 Å². The van der Waals surface area contributed by atoms with Crippen LogP contribution in [0.1, 0.15) is 57.8 Å². The summed E-state index contributed by atoms with van der Waals surface area (Å²) in [7, 11) is 0. The fourth-order valence-electron chi connectivity index (χ4n) is 4.52. The number of amides is 2. The van der Waals surface area contributed by atoms with E-state index in [9.17, 15) is 9.59 Å². The van der Waals surface area contributed by atoms with Gasteiger partial charge in [-0.05, 0) is 50.9 Å². The Kier molecular flexibility index (Phi) is 4.36. The molecule has 3 unspecified atom stereocenters. The number of piperidine rings is 2. The van der Waals surface area contributed by atoms with E-state index in [0.717, 1.165) is 45.2 Å². The highest BCUT2D eigenvalue weighted by atomic mass is 16.4. The second-order valence-corrected chi connectivity index (χ2v) is 6.82. The lowest BCUT2D eigenvalue weighted by Gasteiger charge is -2.44. The highest BCUT2D eigenvalue weighted by Gasteiger charge is 2.40. The number of urea groups is 1. The van der Waals surface area contributed by atoms with Gasteiger partial charge in [0.25, 0.3) is 0 Å². The molecule has 2 heterocycles. The lowest BCUT2D eigenvalue weighted by Crippen LogP contribution is -2.56. The SMILES string of the molecule is O=C(O)CC1CCCCN1C(=O)N1CCCC2CCCC21. The Morgan fingerprint density at radius 3 is 2.48 bits per heavy atom. The van der Waals surface area contributed by atoms with Crippen LogP contribution in [0.5, 0.6) is 0 Å². The minimum absolute atomic E-state index is 0.0909. The molecule has 1 saturated carbocycles. The number of hydrogen-bond acceptors (Lipinski definition) is 2. The Morgan fingerprint density at radius 1 is 0.905 bits per heavy atom. The van der Waals surface area contributed by atoms with Crippen LogP contribution in [0, 0.1) is 5.92 Å². The van der Waals surface area contributed by atoms with E-state index in [1.165, 1.54) is 19.3 Å². The van der Waals surface area contributed by atoms with Crippen LogP contribution in [0.25, 0.3) is 0 Å². The van der Waals surface area contributed by atoms with Gasteiger partial charge in [0.2, 0.25) is 0 Å². The molecule has 0 aromatic heterocycles. The van der Waals surface area contributed by atoms with Gasteiger partial charge in [0.1, 0.15) is 0 Å².